The number of nitrogens with zero attached hydrogens (tertiary/aromatic N) is 1. The number of ether oxygens (including phenoxy) is 1. The highest BCUT2D eigenvalue weighted by molar-refractivity contribution is 7.92. The fraction of sp³-hybridized carbons (Fsp3) is 0.100. The van der Waals surface area contributed by atoms with Gasteiger partial charge in [0.2, 0.25) is 0 Å². The molecule has 8 heteroatoms. The number of anilines is 1. The van der Waals surface area contributed by atoms with E-state index in [1.165, 1.54) is 31.3 Å². The third-order valence-corrected chi connectivity index (χ3v) is 5.25. The highest BCUT2D eigenvalue weighted by Crippen LogP contribution is 2.22. The number of benzene rings is 2. The van der Waals surface area contributed by atoms with Crippen LogP contribution in [-0.4, -0.2) is 26.4 Å². The van der Waals surface area contributed by atoms with Gasteiger partial charge in [0, 0.05) is 24.9 Å². The molecule has 28 heavy (non-hydrogen) atoms. The zero-order valence-electron chi connectivity index (χ0n) is 15.1. The van der Waals surface area contributed by atoms with Crippen LogP contribution in [0.4, 0.5) is 5.69 Å². The number of hydrogen-bond acceptors (Lipinski definition) is 5. The first-order valence-electron chi connectivity index (χ1n) is 8.46. The molecule has 1 amide bonds. The van der Waals surface area contributed by atoms with Gasteiger partial charge in [0.1, 0.15) is 12.4 Å². The van der Waals surface area contributed by atoms with Crippen LogP contribution < -0.4 is 14.8 Å². The first-order valence-corrected chi connectivity index (χ1v) is 9.94. The van der Waals surface area contributed by atoms with E-state index >= 15 is 0 Å². The third kappa shape index (κ3) is 4.86. The SMILES string of the molecule is CNC(=O)c1ccc(S(=O)(=O)Nc2cccc(OCc3ccccn3)c2)cc1. The Bertz CT molecular complexity index is 1050. The molecule has 0 fully saturated rings. The summed E-state index contributed by atoms with van der Waals surface area (Å²) in [5, 5.41) is 2.49. The molecule has 144 valence electrons. The van der Waals surface area contributed by atoms with E-state index in [1.54, 1.807) is 30.5 Å². The normalized spacial score (nSPS) is 10.9. The van der Waals surface area contributed by atoms with Crippen molar-refractivity contribution in [2.75, 3.05) is 11.8 Å². The Hall–Kier alpha value is -3.39. The lowest BCUT2D eigenvalue weighted by molar-refractivity contribution is 0.0963. The summed E-state index contributed by atoms with van der Waals surface area (Å²) in [5.74, 6) is 0.232. The molecule has 1 aromatic heterocycles. The van der Waals surface area contributed by atoms with Crippen molar-refractivity contribution in [1.29, 1.82) is 0 Å². The van der Waals surface area contributed by atoms with Crippen LogP contribution in [0.5, 0.6) is 5.75 Å². The molecule has 3 aromatic rings. The molecule has 2 aromatic carbocycles. The first-order chi connectivity index (χ1) is 13.5. The molecule has 2 N–H and O–H groups in total. The number of nitrogens with one attached hydrogen (secondary N) is 2. The molecule has 0 saturated carbocycles. The monoisotopic (exact) mass is 397 g/mol. The van der Waals surface area contributed by atoms with Crippen molar-refractivity contribution < 1.29 is 17.9 Å². The fourth-order valence-electron chi connectivity index (χ4n) is 2.43. The molecule has 0 unspecified atom stereocenters. The highest BCUT2D eigenvalue weighted by atomic mass is 32.2. The number of pyridine rings is 1. The average Bonchev–Trinajstić information content (AvgIpc) is 2.72. The lowest BCUT2D eigenvalue weighted by Crippen LogP contribution is -2.18. The first kappa shape index (κ1) is 19.4. The number of carbonyl (C=O) groups excluding carboxylic acids is 1. The van der Waals surface area contributed by atoms with E-state index in [0.717, 1.165) is 5.69 Å². The van der Waals surface area contributed by atoms with Gasteiger partial charge in [0.05, 0.1) is 16.3 Å². The van der Waals surface area contributed by atoms with Gasteiger partial charge in [-0.2, -0.15) is 0 Å². The summed E-state index contributed by atoms with van der Waals surface area (Å²) >= 11 is 0. The van der Waals surface area contributed by atoms with Gasteiger partial charge in [-0.25, -0.2) is 8.42 Å². The standard InChI is InChI=1S/C20H19N3O4S/c1-21-20(24)15-8-10-19(11-9-15)28(25,26)23-16-6-4-7-18(13-16)27-14-17-5-2-3-12-22-17/h2-13,23H,14H2,1H3,(H,21,24). The summed E-state index contributed by atoms with van der Waals surface area (Å²) in [7, 11) is -2.28. The smallest absolute Gasteiger partial charge is 0.261 e. The predicted octanol–water partition coefficient (Wildman–Crippen LogP) is 2.82. The van der Waals surface area contributed by atoms with Crippen molar-refractivity contribution in [3.8, 4) is 5.75 Å². The Morgan fingerprint density at radius 2 is 1.82 bits per heavy atom. The summed E-state index contributed by atoms with van der Waals surface area (Å²) in [5.41, 5.74) is 1.52. The Morgan fingerprint density at radius 3 is 2.50 bits per heavy atom. The second-order valence-corrected chi connectivity index (χ2v) is 7.53. The number of aromatic nitrogens is 1. The van der Waals surface area contributed by atoms with E-state index < -0.39 is 10.0 Å². The molecule has 1 heterocycles. The maximum atomic E-state index is 12.6. The molecule has 0 saturated heterocycles. The van der Waals surface area contributed by atoms with E-state index in [0.29, 0.717) is 17.0 Å². The zero-order valence-corrected chi connectivity index (χ0v) is 15.9. The Morgan fingerprint density at radius 1 is 1.04 bits per heavy atom. The van der Waals surface area contributed by atoms with Crippen LogP contribution in [-0.2, 0) is 16.6 Å². The third-order valence-electron chi connectivity index (χ3n) is 3.85. The fourth-order valence-corrected chi connectivity index (χ4v) is 3.48. The van der Waals surface area contributed by atoms with Gasteiger partial charge in [0.25, 0.3) is 15.9 Å². The maximum Gasteiger partial charge on any atom is 0.261 e. The van der Waals surface area contributed by atoms with Crippen molar-refractivity contribution in [3.05, 3.63) is 84.2 Å². The molecule has 0 atom stereocenters. The molecule has 0 aliphatic heterocycles. The molecular formula is C20H19N3O4S. The number of rotatable bonds is 7. The number of sulfonamides is 1. The maximum absolute atomic E-state index is 12.6. The molecule has 0 spiro atoms. The van der Waals surface area contributed by atoms with Gasteiger partial charge in [0.15, 0.2) is 0 Å². The molecule has 7 nitrogen and oxygen atoms in total. The van der Waals surface area contributed by atoms with Gasteiger partial charge >= 0.3 is 0 Å². The minimum Gasteiger partial charge on any atom is -0.487 e. The van der Waals surface area contributed by atoms with Crippen molar-refractivity contribution in [2.45, 2.75) is 11.5 Å². The highest BCUT2D eigenvalue weighted by Gasteiger charge is 2.15. The molecule has 0 aliphatic rings. The molecular weight excluding hydrogens is 378 g/mol. The minimum absolute atomic E-state index is 0.0555. The summed E-state index contributed by atoms with van der Waals surface area (Å²) < 4.78 is 33.3. The minimum atomic E-state index is -3.80. The Kier molecular flexibility index (Phi) is 5.90. The summed E-state index contributed by atoms with van der Waals surface area (Å²) in [6.45, 7) is 0.276. The second-order valence-electron chi connectivity index (χ2n) is 5.85. The van der Waals surface area contributed by atoms with Crippen LogP contribution in [0.3, 0.4) is 0 Å². The Balaban J connectivity index is 1.71. The van der Waals surface area contributed by atoms with Crippen molar-refractivity contribution in [1.82, 2.24) is 10.3 Å². The van der Waals surface area contributed by atoms with Gasteiger partial charge in [-0.05, 0) is 48.5 Å². The lowest BCUT2D eigenvalue weighted by atomic mass is 10.2. The van der Waals surface area contributed by atoms with Gasteiger partial charge < -0.3 is 10.1 Å². The second kappa shape index (κ2) is 8.53. The van der Waals surface area contributed by atoms with E-state index in [1.807, 2.05) is 18.2 Å². The number of carbonyl (C=O) groups is 1. The van der Waals surface area contributed by atoms with E-state index in [4.69, 9.17) is 4.74 Å². The van der Waals surface area contributed by atoms with Crippen molar-refractivity contribution >= 4 is 21.6 Å². The van der Waals surface area contributed by atoms with Crippen LogP contribution in [0, 0.1) is 0 Å². The number of amides is 1. The molecule has 0 aliphatic carbocycles. The zero-order chi connectivity index (χ0) is 20.0. The Labute approximate surface area is 163 Å². The van der Waals surface area contributed by atoms with E-state index in [2.05, 4.69) is 15.0 Å². The molecule has 0 radical (unpaired) electrons. The van der Waals surface area contributed by atoms with E-state index in [-0.39, 0.29) is 17.4 Å². The van der Waals surface area contributed by atoms with Crippen LogP contribution in [0.1, 0.15) is 16.1 Å². The summed E-state index contributed by atoms with van der Waals surface area (Å²) in [6, 6.07) is 17.9. The summed E-state index contributed by atoms with van der Waals surface area (Å²) in [4.78, 5) is 15.8. The van der Waals surface area contributed by atoms with Crippen LogP contribution in [0.2, 0.25) is 0 Å². The van der Waals surface area contributed by atoms with Crippen LogP contribution in [0.25, 0.3) is 0 Å². The van der Waals surface area contributed by atoms with E-state index in [9.17, 15) is 13.2 Å². The average molecular weight is 397 g/mol. The quantitative estimate of drug-likeness (QED) is 0.639. The van der Waals surface area contributed by atoms with Gasteiger partial charge in [-0.1, -0.05) is 12.1 Å². The van der Waals surface area contributed by atoms with Crippen molar-refractivity contribution in [2.24, 2.45) is 0 Å². The topological polar surface area (TPSA) is 97.4 Å². The predicted molar refractivity (Wildman–Crippen MR) is 106 cm³/mol. The number of hydrogen-bond donors (Lipinski definition) is 2. The summed E-state index contributed by atoms with van der Waals surface area (Å²) in [6.07, 6.45) is 1.68. The van der Waals surface area contributed by atoms with Gasteiger partial charge in [-0.15, -0.1) is 0 Å². The lowest BCUT2D eigenvalue weighted by Gasteiger charge is -2.11. The van der Waals surface area contributed by atoms with Crippen molar-refractivity contribution in [3.63, 3.8) is 0 Å². The van der Waals surface area contributed by atoms with Crippen LogP contribution >= 0.6 is 0 Å². The largest absolute Gasteiger partial charge is 0.487 e. The van der Waals surface area contributed by atoms with Gasteiger partial charge in [-0.3, -0.25) is 14.5 Å². The molecule has 3 rings (SSSR count). The molecule has 0 bridgehead atoms. The van der Waals surface area contributed by atoms with Crippen LogP contribution in [0.15, 0.2) is 77.8 Å².